The maximum atomic E-state index is 7.15. The largest absolute Gasteiger partial charge is 0.458 e. The van der Waals surface area contributed by atoms with E-state index in [9.17, 15) is 0 Å². The first kappa shape index (κ1) is 33.4. The highest BCUT2D eigenvalue weighted by Crippen LogP contribution is 2.47. The fraction of sp³-hybridized carbons (Fsp3) is 0. The number of ether oxygens (including phenoxy) is 1. The first-order valence-electron chi connectivity index (χ1n) is 21.0. The second-order valence-electron chi connectivity index (χ2n) is 16.4. The summed E-state index contributed by atoms with van der Waals surface area (Å²) in [4.78, 5) is 7.38. The van der Waals surface area contributed by atoms with Crippen LogP contribution in [-0.2, 0) is 0 Å². The van der Waals surface area contributed by atoms with Crippen LogP contribution in [0, 0.1) is 0 Å². The molecule has 0 radical (unpaired) electrons. The molecule has 5 heterocycles. The third-order valence-corrected chi connectivity index (χ3v) is 14.4. The van der Waals surface area contributed by atoms with Gasteiger partial charge in [-0.05, 0) is 117 Å². The molecule has 0 saturated carbocycles. The van der Waals surface area contributed by atoms with Gasteiger partial charge in [0.1, 0.15) is 11.5 Å². The summed E-state index contributed by atoms with van der Waals surface area (Å²) in [5, 5.41) is 2.62. The predicted molar refractivity (Wildman–Crippen MR) is 259 cm³/mol. The van der Waals surface area contributed by atoms with E-state index in [-0.39, 0.29) is 13.4 Å². The van der Waals surface area contributed by atoms with Crippen LogP contribution in [0.15, 0.2) is 200 Å². The summed E-state index contributed by atoms with van der Waals surface area (Å²) >= 11 is 1.88. The Morgan fingerprint density at radius 1 is 0.328 bits per heavy atom. The molecule has 14 rings (SSSR count). The standard InChI is InChI=1S/C54H33B2N3OS/c1-4-16-34(17-5-1)57-43-24-12-11-23-39(43)55-42-31-41-47(32-50(42)60-49-28-15-27-46(57)54(49)55)58(35-18-6-2-7-19-35)44-25-14-26-45-53(44)56(41)40-30-38-37-22-10-13-29-51(37)61-52(38)33-48(40)59(45)36-20-8-3-9-21-36/h1-33H. The fourth-order valence-corrected chi connectivity index (χ4v) is 12.0. The van der Waals surface area contributed by atoms with E-state index >= 15 is 0 Å². The minimum atomic E-state index is -0.0409. The van der Waals surface area contributed by atoms with Gasteiger partial charge in [-0.1, -0.05) is 115 Å². The Bertz CT molecular complexity index is 3450. The number of fused-ring (bicyclic) bond motifs is 11. The smallest absolute Gasteiger partial charge is 0.256 e. The first-order valence-corrected chi connectivity index (χ1v) is 21.8. The molecule has 282 valence electrons. The zero-order valence-corrected chi connectivity index (χ0v) is 33.7. The second kappa shape index (κ2) is 12.5. The van der Waals surface area contributed by atoms with Crippen LogP contribution in [-0.4, -0.2) is 13.4 Å². The highest BCUT2D eigenvalue weighted by Gasteiger charge is 2.47. The van der Waals surface area contributed by atoms with E-state index in [0.717, 1.165) is 39.9 Å². The summed E-state index contributed by atoms with van der Waals surface area (Å²) < 4.78 is 9.76. The summed E-state index contributed by atoms with van der Waals surface area (Å²) in [6.07, 6.45) is 0. The third-order valence-electron chi connectivity index (χ3n) is 13.3. The normalized spacial score (nSPS) is 13.9. The number of hydrogen-bond acceptors (Lipinski definition) is 5. The molecule has 4 nitrogen and oxygen atoms in total. The van der Waals surface area contributed by atoms with Crippen molar-refractivity contribution in [1.82, 2.24) is 0 Å². The van der Waals surface area contributed by atoms with E-state index in [4.69, 9.17) is 4.74 Å². The van der Waals surface area contributed by atoms with E-state index in [2.05, 4.69) is 215 Å². The van der Waals surface area contributed by atoms with Crippen LogP contribution in [0.2, 0.25) is 0 Å². The quantitative estimate of drug-likeness (QED) is 0.166. The molecule has 0 atom stereocenters. The lowest BCUT2D eigenvalue weighted by Crippen LogP contribution is -2.64. The molecule has 0 unspecified atom stereocenters. The van der Waals surface area contributed by atoms with E-state index in [1.807, 2.05) is 11.3 Å². The Morgan fingerprint density at radius 2 is 0.852 bits per heavy atom. The van der Waals surface area contributed by atoms with Gasteiger partial charge in [0.15, 0.2) is 0 Å². The Labute approximate surface area is 358 Å². The number of para-hydroxylation sites is 4. The highest BCUT2D eigenvalue weighted by molar-refractivity contribution is 7.26. The van der Waals surface area contributed by atoms with Crippen LogP contribution in [0.3, 0.4) is 0 Å². The predicted octanol–water partition coefficient (Wildman–Crippen LogP) is 10.5. The molecular weight excluding hydrogens is 760 g/mol. The Balaban J connectivity index is 1.08. The van der Waals surface area contributed by atoms with Gasteiger partial charge in [0.05, 0.1) is 0 Å². The molecule has 9 aromatic carbocycles. The second-order valence-corrected chi connectivity index (χ2v) is 17.5. The summed E-state index contributed by atoms with van der Waals surface area (Å²) in [7, 11) is 0. The van der Waals surface area contributed by atoms with E-state index < -0.39 is 0 Å². The molecule has 0 aliphatic carbocycles. The summed E-state index contributed by atoms with van der Waals surface area (Å²) in [6.45, 7) is -0.0637. The van der Waals surface area contributed by atoms with Crippen LogP contribution >= 0.6 is 11.3 Å². The van der Waals surface area contributed by atoms with E-state index in [1.165, 1.54) is 75.7 Å². The molecule has 4 aliphatic heterocycles. The number of nitrogens with zero attached hydrogens (tertiary/aromatic N) is 3. The molecule has 1 aromatic heterocycles. The first-order chi connectivity index (χ1) is 30.3. The molecule has 4 aliphatic rings. The molecule has 0 N–H and O–H groups in total. The molecule has 7 heteroatoms. The van der Waals surface area contributed by atoms with Gasteiger partial charge in [-0.15, -0.1) is 11.3 Å². The van der Waals surface area contributed by atoms with Crippen molar-refractivity contribution in [3.8, 4) is 11.5 Å². The summed E-state index contributed by atoms with van der Waals surface area (Å²) in [6, 6.07) is 73.5. The average molecular weight is 794 g/mol. The minimum absolute atomic E-state index is 0.0228. The van der Waals surface area contributed by atoms with Crippen LogP contribution in [0.4, 0.5) is 51.2 Å². The van der Waals surface area contributed by atoms with Crippen molar-refractivity contribution in [2.75, 3.05) is 14.7 Å². The molecule has 10 aromatic rings. The Kier molecular flexibility index (Phi) is 6.85. The lowest BCUT2D eigenvalue weighted by atomic mass is 9.30. The van der Waals surface area contributed by atoms with E-state index in [0.29, 0.717) is 0 Å². The SMILES string of the molecule is c1ccc(N2c3ccccc3B3c4cc5c(cc4Oc4cccc2c43)N(c2ccccc2)c2cccc3c2B5c2cc4c(cc2N3c2ccccc2)sc2ccccc24)cc1. The van der Waals surface area contributed by atoms with Crippen molar-refractivity contribution in [3.05, 3.63) is 200 Å². The summed E-state index contributed by atoms with van der Waals surface area (Å²) in [5.41, 5.74) is 18.1. The van der Waals surface area contributed by atoms with Crippen molar-refractivity contribution in [2.45, 2.75) is 0 Å². The molecule has 61 heavy (non-hydrogen) atoms. The molecule has 0 amide bonds. The van der Waals surface area contributed by atoms with Crippen molar-refractivity contribution in [1.29, 1.82) is 0 Å². The Morgan fingerprint density at radius 3 is 1.56 bits per heavy atom. The summed E-state index contributed by atoms with van der Waals surface area (Å²) in [5.74, 6) is 1.81. The number of benzene rings is 9. The van der Waals surface area contributed by atoms with Crippen molar-refractivity contribution < 1.29 is 4.74 Å². The van der Waals surface area contributed by atoms with Gasteiger partial charge in [0.2, 0.25) is 0 Å². The molecular formula is C54H33B2N3OS. The molecule has 0 fully saturated rings. The van der Waals surface area contributed by atoms with Crippen LogP contribution < -0.4 is 52.2 Å². The lowest BCUT2D eigenvalue weighted by molar-refractivity contribution is 0.488. The zero-order chi connectivity index (χ0) is 39.8. The number of thiophene rings is 1. The number of anilines is 9. The van der Waals surface area contributed by atoms with E-state index in [1.54, 1.807) is 0 Å². The monoisotopic (exact) mass is 793 g/mol. The van der Waals surface area contributed by atoms with Gasteiger partial charge in [0, 0.05) is 72.0 Å². The van der Waals surface area contributed by atoms with Crippen molar-refractivity contribution >= 4 is 129 Å². The minimum Gasteiger partial charge on any atom is -0.458 e. The molecule has 0 spiro atoms. The maximum absolute atomic E-state index is 7.15. The lowest BCUT2D eigenvalue weighted by Gasteiger charge is -2.45. The van der Waals surface area contributed by atoms with Crippen LogP contribution in [0.5, 0.6) is 11.5 Å². The third kappa shape index (κ3) is 4.61. The highest BCUT2D eigenvalue weighted by atomic mass is 32.1. The van der Waals surface area contributed by atoms with Gasteiger partial charge in [0.25, 0.3) is 13.4 Å². The van der Waals surface area contributed by atoms with Crippen molar-refractivity contribution in [2.24, 2.45) is 0 Å². The van der Waals surface area contributed by atoms with Gasteiger partial charge >= 0.3 is 0 Å². The number of rotatable bonds is 3. The average Bonchev–Trinajstić information content (AvgIpc) is 3.68. The van der Waals surface area contributed by atoms with Gasteiger partial charge < -0.3 is 19.4 Å². The Hall–Kier alpha value is -7.47. The van der Waals surface area contributed by atoms with Crippen molar-refractivity contribution in [3.63, 3.8) is 0 Å². The van der Waals surface area contributed by atoms with Gasteiger partial charge in [-0.3, -0.25) is 0 Å². The maximum Gasteiger partial charge on any atom is 0.256 e. The van der Waals surface area contributed by atoms with Gasteiger partial charge in [-0.25, -0.2) is 0 Å². The number of hydrogen-bond donors (Lipinski definition) is 0. The molecule has 0 saturated heterocycles. The van der Waals surface area contributed by atoms with Crippen LogP contribution in [0.25, 0.3) is 20.2 Å². The van der Waals surface area contributed by atoms with Crippen LogP contribution in [0.1, 0.15) is 0 Å². The van der Waals surface area contributed by atoms with Gasteiger partial charge in [-0.2, -0.15) is 0 Å². The molecule has 0 bridgehead atoms. The fourth-order valence-electron chi connectivity index (χ4n) is 10.8. The topological polar surface area (TPSA) is 19.0 Å². The zero-order valence-electron chi connectivity index (χ0n) is 32.9.